The Morgan fingerprint density at radius 3 is 2.31 bits per heavy atom. The van der Waals surface area contributed by atoms with Crippen LogP contribution in [0.4, 0.5) is 0 Å². The van der Waals surface area contributed by atoms with Gasteiger partial charge >= 0.3 is 0 Å². The quantitative estimate of drug-likeness (QED) is 0.661. The van der Waals surface area contributed by atoms with Crippen LogP contribution in [0.1, 0.15) is 47.0 Å². The van der Waals surface area contributed by atoms with E-state index in [4.69, 9.17) is 4.74 Å². The molecule has 0 radical (unpaired) electrons. The van der Waals surface area contributed by atoms with E-state index in [0.29, 0.717) is 18.2 Å². The molecule has 0 aliphatic heterocycles. The highest BCUT2D eigenvalue weighted by Gasteiger charge is 2.12. The second-order valence-electron chi connectivity index (χ2n) is 3.94. The van der Waals surface area contributed by atoms with Gasteiger partial charge in [0.1, 0.15) is 0 Å². The van der Waals surface area contributed by atoms with E-state index in [1.807, 2.05) is 0 Å². The van der Waals surface area contributed by atoms with Crippen LogP contribution < -0.4 is 5.32 Å². The molecule has 0 aliphatic carbocycles. The minimum absolute atomic E-state index is 0.295. The summed E-state index contributed by atoms with van der Waals surface area (Å²) in [6.45, 7) is 8.75. The fourth-order valence-electron chi connectivity index (χ4n) is 1.38. The van der Waals surface area contributed by atoms with E-state index in [-0.39, 0.29) is 0 Å². The van der Waals surface area contributed by atoms with Gasteiger partial charge in [-0.15, -0.1) is 0 Å². The molecule has 0 aliphatic rings. The van der Waals surface area contributed by atoms with Gasteiger partial charge in [-0.2, -0.15) is 0 Å². The van der Waals surface area contributed by atoms with Crippen LogP contribution in [0.2, 0.25) is 0 Å². The lowest BCUT2D eigenvalue weighted by atomic mass is 10.1. The topological polar surface area (TPSA) is 21.3 Å². The van der Waals surface area contributed by atoms with Crippen molar-refractivity contribution in [3.63, 3.8) is 0 Å². The van der Waals surface area contributed by atoms with Gasteiger partial charge in [-0.1, -0.05) is 19.8 Å². The largest absolute Gasteiger partial charge is 0.380 e. The van der Waals surface area contributed by atoms with E-state index in [1.54, 1.807) is 7.11 Å². The maximum Gasteiger partial charge on any atom is 0.0693 e. The zero-order valence-electron chi connectivity index (χ0n) is 9.76. The Hall–Kier alpha value is -0.0800. The summed E-state index contributed by atoms with van der Waals surface area (Å²) >= 11 is 0. The SMILES string of the molecule is CCCCC(C)NC(C)C(C)OC. The number of unbranched alkanes of at least 4 members (excludes halogenated alkanes) is 1. The molecule has 2 nitrogen and oxygen atoms in total. The number of hydrogen-bond donors (Lipinski definition) is 1. The summed E-state index contributed by atoms with van der Waals surface area (Å²) in [6, 6.07) is 1.05. The number of methoxy groups -OCH3 is 1. The van der Waals surface area contributed by atoms with Crippen LogP contribution in [0.15, 0.2) is 0 Å². The summed E-state index contributed by atoms with van der Waals surface area (Å²) in [7, 11) is 1.76. The van der Waals surface area contributed by atoms with Gasteiger partial charge in [0.25, 0.3) is 0 Å². The molecule has 3 atom stereocenters. The normalized spacial score (nSPS) is 18.2. The van der Waals surface area contributed by atoms with Gasteiger partial charge in [0.2, 0.25) is 0 Å². The smallest absolute Gasteiger partial charge is 0.0693 e. The Bertz CT molecular complexity index is 117. The van der Waals surface area contributed by atoms with Gasteiger partial charge in [-0.05, 0) is 27.2 Å². The second kappa shape index (κ2) is 7.34. The van der Waals surface area contributed by atoms with E-state index in [1.165, 1.54) is 19.3 Å². The van der Waals surface area contributed by atoms with Crippen molar-refractivity contribution in [3.05, 3.63) is 0 Å². The molecule has 0 saturated carbocycles. The van der Waals surface area contributed by atoms with Crippen molar-refractivity contribution >= 4 is 0 Å². The number of ether oxygens (including phenoxy) is 1. The molecule has 1 N–H and O–H groups in total. The van der Waals surface area contributed by atoms with Crippen LogP contribution in [-0.4, -0.2) is 25.3 Å². The first kappa shape index (κ1) is 12.9. The molecule has 0 heterocycles. The maximum absolute atomic E-state index is 5.25. The van der Waals surface area contributed by atoms with Gasteiger partial charge < -0.3 is 10.1 Å². The molecule has 13 heavy (non-hydrogen) atoms. The Kier molecular flexibility index (Phi) is 7.29. The van der Waals surface area contributed by atoms with Crippen molar-refractivity contribution in [3.8, 4) is 0 Å². The van der Waals surface area contributed by atoms with E-state index in [9.17, 15) is 0 Å². The molecule has 0 aromatic heterocycles. The van der Waals surface area contributed by atoms with Crippen LogP contribution in [0.3, 0.4) is 0 Å². The molecule has 80 valence electrons. The first-order valence-electron chi connectivity index (χ1n) is 5.40. The van der Waals surface area contributed by atoms with Gasteiger partial charge in [0.05, 0.1) is 6.10 Å². The predicted octanol–water partition coefficient (Wildman–Crippen LogP) is 2.58. The van der Waals surface area contributed by atoms with Crippen LogP contribution in [0.25, 0.3) is 0 Å². The van der Waals surface area contributed by atoms with E-state index in [2.05, 4.69) is 33.0 Å². The van der Waals surface area contributed by atoms with Crippen LogP contribution in [-0.2, 0) is 4.74 Å². The first-order valence-corrected chi connectivity index (χ1v) is 5.40. The summed E-state index contributed by atoms with van der Waals surface area (Å²) in [4.78, 5) is 0. The Labute approximate surface area is 83.1 Å². The predicted molar refractivity (Wildman–Crippen MR) is 58.1 cm³/mol. The van der Waals surface area contributed by atoms with Crippen LogP contribution in [0, 0.1) is 0 Å². The molecule has 0 spiro atoms. The monoisotopic (exact) mass is 187 g/mol. The first-order chi connectivity index (χ1) is 6.11. The number of rotatable bonds is 7. The van der Waals surface area contributed by atoms with E-state index < -0.39 is 0 Å². The van der Waals surface area contributed by atoms with Crippen molar-refractivity contribution in [2.75, 3.05) is 7.11 Å². The summed E-state index contributed by atoms with van der Waals surface area (Å²) < 4.78 is 5.25. The standard InChI is InChI=1S/C11H25NO/c1-6-7-8-9(2)12-10(3)11(4)13-5/h9-12H,6-8H2,1-5H3. The third-order valence-corrected chi connectivity index (χ3v) is 2.61. The Morgan fingerprint density at radius 1 is 1.23 bits per heavy atom. The molecule has 0 saturated heterocycles. The molecular formula is C11H25NO. The highest BCUT2D eigenvalue weighted by Crippen LogP contribution is 2.03. The average molecular weight is 187 g/mol. The van der Waals surface area contributed by atoms with Crippen molar-refractivity contribution in [2.45, 2.75) is 65.1 Å². The average Bonchev–Trinajstić information content (AvgIpc) is 2.13. The second-order valence-corrected chi connectivity index (χ2v) is 3.94. The molecule has 0 aromatic carbocycles. The van der Waals surface area contributed by atoms with Crippen molar-refractivity contribution < 1.29 is 4.74 Å². The van der Waals surface area contributed by atoms with Crippen LogP contribution >= 0.6 is 0 Å². The summed E-state index contributed by atoms with van der Waals surface area (Å²) in [5, 5.41) is 3.54. The molecule has 0 bridgehead atoms. The highest BCUT2D eigenvalue weighted by atomic mass is 16.5. The third kappa shape index (κ3) is 6.05. The number of nitrogens with one attached hydrogen (secondary N) is 1. The van der Waals surface area contributed by atoms with E-state index in [0.717, 1.165) is 0 Å². The molecule has 3 unspecified atom stereocenters. The molecule has 0 amide bonds. The van der Waals surface area contributed by atoms with Crippen molar-refractivity contribution in [1.29, 1.82) is 0 Å². The molecule has 0 rings (SSSR count). The Balaban J connectivity index is 3.57. The van der Waals surface area contributed by atoms with Gasteiger partial charge in [-0.25, -0.2) is 0 Å². The lowest BCUT2D eigenvalue weighted by Gasteiger charge is -2.24. The zero-order valence-corrected chi connectivity index (χ0v) is 9.76. The molecular weight excluding hydrogens is 162 g/mol. The summed E-state index contributed by atoms with van der Waals surface area (Å²) in [6.07, 6.45) is 4.14. The van der Waals surface area contributed by atoms with Gasteiger partial charge in [0.15, 0.2) is 0 Å². The Morgan fingerprint density at radius 2 is 1.85 bits per heavy atom. The fraction of sp³-hybridized carbons (Fsp3) is 1.00. The molecule has 0 aromatic rings. The van der Waals surface area contributed by atoms with Gasteiger partial charge in [-0.3, -0.25) is 0 Å². The molecule has 0 fully saturated rings. The van der Waals surface area contributed by atoms with E-state index >= 15 is 0 Å². The van der Waals surface area contributed by atoms with Crippen molar-refractivity contribution in [2.24, 2.45) is 0 Å². The molecule has 2 heteroatoms. The number of hydrogen-bond acceptors (Lipinski definition) is 2. The minimum Gasteiger partial charge on any atom is -0.380 e. The fourth-order valence-corrected chi connectivity index (χ4v) is 1.38. The minimum atomic E-state index is 0.295. The lowest BCUT2D eigenvalue weighted by molar-refractivity contribution is 0.0847. The summed E-state index contributed by atoms with van der Waals surface area (Å²) in [5.41, 5.74) is 0. The third-order valence-electron chi connectivity index (χ3n) is 2.61. The maximum atomic E-state index is 5.25. The zero-order chi connectivity index (χ0) is 10.3. The van der Waals surface area contributed by atoms with Crippen molar-refractivity contribution in [1.82, 2.24) is 5.32 Å². The lowest BCUT2D eigenvalue weighted by Crippen LogP contribution is -2.41. The highest BCUT2D eigenvalue weighted by molar-refractivity contribution is 4.72. The van der Waals surface area contributed by atoms with Crippen LogP contribution in [0.5, 0.6) is 0 Å². The summed E-state index contributed by atoms with van der Waals surface area (Å²) in [5.74, 6) is 0. The van der Waals surface area contributed by atoms with Gasteiger partial charge in [0, 0.05) is 19.2 Å².